The van der Waals surface area contributed by atoms with Crippen LogP contribution in [0.25, 0.3) is 0 Å². The third-order valence-electron chi connectivity index (χ3n) is 4.37. The summed E-state index contributed by atoms with van der Waals surface area (Å²) in [7, 11) is 0. The molecule has 0 radical (unpaired) electrons. The van der Waals surface area contributed by atoms with Gasteiger partial charge >= 0.3 is 0 Å². The quantitative estimate of drug-likeness (QED) is 0.764. The van der Waals surface area contributed by atoms with Crippen molar-refractivity contribution in [3.8, 4) is 0 Å². The first-order valence-corrected chi connectivity index (χ1v) is 9.63. The lowest BCUT2D eigenvalue weighted by atomic mass is 10.1. The summed E-state index contributed by atoms with van der Waals surface area (Å²) in [6.45, 7) is 3.83. The Morgan fingerprint density at radius 3 is 2.44 bits per heavy atom. The van der Waals surface area contributed by atoms with Gasteiger partial charge in [-0.3, -0.25) is 9.69 Å². The van der Waals surface area contributed by atoms with E-state index in [2.05, 4.69) is 28.4 Å². The van der Waals surface area contributed by atoms with Gasteiger partial charge in [-0.25, -0.2) is 4.39 Å². The highest BCUT2D eigenvalue weighted by molar-refractivity contribution is 8.00. The minimum atomic E-state index is -0.261. The van der Waals surface area contributed by atoms with Crippen molar-refractivity contribution in [1.82, 2.24) is 10.2 Å². The van der Waals surface area contributed by atoms with Gasteiger partial charge in [-0.15, -0.1) is 11.8 Å². The van der Waals surface area contributed by atoms with Crippen molar-refractivity contribution in [2.45, 2.75) is 30.8 Å². The molecule has 1 N–H and O–H groups in total. The molecule has 1 aliphatic heterocycles. The number of likely N-dealkylation sites (tertiary alicyclic amines) is 1. The minimum absolute atomic E-state index is 0.00898. The van der Waals surface area contributed by atoms with E-state index in [0.717, 1.165) is 24.5 Å². The molecule has 3 rings (SSSR count). The Bertz CT molecular complexity index is 699. The zero-order valence-corrected chi connectivity index (χ0v) is 15.0. The first kappa shape index (κ1) is 18.0. The number of carbonyl (C=O) groups is 1. The van der Waals surface area contributed by atoms with E-state index in [-0.39, 0.29) is 11.7 Å². The van der Waals surface area contributed by atoms with E-state index < -0.39 is 0 Å². The summed E-state index contributed by atoms with van der Waals surface area (Å²) in [5.41, 5.74) is 2.46. The highest BCUT2D eigenvalue weighted by Gasteiger charge is 2.13. The molecule has 0 aliphatic carbocycles. The van der Waals surface area contributed by atoms with Crippen molar-refractivity contribution in [1.29, 1.82) is 0 Å². The fourth-order valence-corrected chi connectivity index (χ4v) is 3.72. The van der Waals surface area contributed by atoms with Gasteiger partial charge in [-0.2, -0.15) is 0 Å². The third kappa shape index (κ3) is 5.58. The highest BCUT2D eigenvalue weighted by Crippen LogP contribution is 2.18. The van der Waals surface area contributed by atoms with Crippen LogP contribution in [0.4, 0.5) is 4.39 Å². The third-order valence-corrected chi connectivity index (χ3v) is 5.38. The molecule has 2 aromatic rings. The molecule has 2 aromatic carbocycles. The highest BCUT2D eigenvalue weighted by atomic mass is 32.2. The van der Waals surface area contributed by atoms with E-state index in [9.17, 15) is 9.18 Å². The number of benzene rings is 2. The molecule has 1 heterocycles. The van der Waals surface area contributed by atoms with Gasteiger partial charge in [-0.05, 0) is 61.3 Å². The van der Waals surface area contributed by atoms with Gasteiger partial charge in [0.2, 0.25) is 5.91 Å². The van der Waals surface area contributed by atoms with Gasteiger partial charge in [0, 0.05) is 18.0 Å². The van der Waals surface area contributed by atoms with Crippen molar-refractivity contribution >= 4 is 17.7 Å². The van der Waals surface area contributed by atoms with Crippen molar-refractivity contribution in [2.75, 3.05) is 18.8 Å². The summed E-state index contributed by atoms with van der Waals surface area (Å²) in [6.07, 6.45) is 2.55. The van der Waals surface area contributed by atoms with Crippen molar-refractivity contribution in [2.24, 2.45) is 0 Å². The molecular formula is C20H23FN2OS. The average molecular weight is 358 g/mol. The number of halogens is 1. The Hall–Kier alpha value is -1.85. The summed E-state index contributed by atoms with van der Waals surface area (Å²) in [5.74, 6) is 0.0635. The average Bonchev–Trinajstić information content (AvgIpc) is 3.13. The predicted molar refractivity (Wildman–Crippen MR) is 99.9 cm³/mol. The van der Waals surface area contributed by atoms with Gasteiger partial charge in [-0.1, -0.05) is 24.3 Å². The molecule has 132 valence electrons. The predicted octanol–water partition coefficient (Wildman–Crippen LogP) is 3.83. The summed E-state index contributed by atoms with van der Waals surface area (Å²) in [6, 6.07) is 14.5. The number of rotatable bonds is 7. The van der Waals surface area contributed by atoms with Gasteiger partial charge < -0.3 is 5.32 Å². The number of amides is 1. The van der Waals surface area contributed by atoms with E-state index >= 15 is 0 Å². The van der Waals surface area contributed by atoms with Crippen LogP contribution in [0.2, 0.25) is 0 Å². The fourth-order valence-electron chi connectivity index (χ4n) is 2.99. The number of nitrogens with one attached hydrogen (secondary N) is 1. The maximum atomic E-state index is 12.9. The van der Waals surface area contributed by atoms with Crippen LogP contribution >= 0.6 is 11.8 Å². The topological polar surface area (TPSA) is 32.3 Å². The molecule has 0 atom stereocenters. The molecule has 0 aromatic heterocycles. The molecule has 3 nitrogen and oxygen atoms in total. The van der Waals surface area contributed by atoms with E-state index in [1.807, 2.05) is 6.07 Å². The number of thioether (sulfide) groups is 1. The van der Waals surface area contributed by atoms with Crippen molar-refractivity contribution < 1.29 is 9.18 Å². The molecule has 0 bridgehead atoms. The minimum Gasteiger partial charge on any atom is -0.351 e. The molecule has 1 saturated heterocycles. The van der Waals surface area contributed by atoms with Crippen LogP contribution in [0.1, 0.15) is 24.0 Å². The van der Waals surface area contributed by atoms with Gasteiger partial charge in [0.25, 0.3) is 0 Å². The summed E-state index contributed by atoms with van der Waals surface area (Å²) < 4.78 is 12.9. The first-order valence-electron chi connectivity index (χ1n) is 8.65. The molecule has 0 spiro atoms. The number of hydrogen-bond donors (Lipinski definition) is 1. The molecule has 0 unspecified atom stereocenters. The van der Waals surface area contributed by atoms with E-state index in [0.29, 0.717) is 12.3 Å². The van der Waals surface area contributed by atoms with Gasteiger partial charge in [0.1, 0.15) is 5.82 Å². The molecular weight excluding hydrogens is 335 g/mol. The Balaban J connectivity index is 1.49. The van der Waals surface area contributed by atoms with Crippen LogP contribution in [0.5, 0.6) is 0 Å². The second-order valence-electron chi connectivity index (χ2n) is 6.27. The van der Waals surface area contributed by atoms with E-state index in [1.165, 1.54) is 47.9 Å². The number of carbonyl (C=O) groups excluding carboxylic acids is 1. The Morgan fingerprint density at radius 1 is 1.04 bits per heavy atom. The lowest BCUT2D eigenvalue weighted by Crippen LogP contribution is -2.26. The van der Waals surface area contributed by atoms with Crippen LogP contribution in [0.15, 0.2) is 53.4 Å². The van der Waals surface area contributed by atoms with Crippen LogP contribution in [-0.2, 0) is 17.9 Å². The van der Waals surface area contributed by atoms with Crippen LogP contribution in [-0.4, -0.2) is 29.6 Å². The summed E-state index contributed by atoms with van der Waals surface area (Å²) >= 11 is 1.42. The van der Waals surface area contributed by atoms with Crippen molar-refractivity contribution in [3.63, 3.8) is 0 Å². The zero-order valence-electron chi connectivity index (χ0n) is 14.2. The van der Waals surface area contributed by atoms with Crippen molar-refractivity contribution in [3.05, 3.63) is 65.5 Å². The second-order valence-corrected chi connectivity index (χ2v) is 7.32. The fraction of sp³-hybridized carbons (Fsp3) is 0.350. The molecule has 0 saturated carbocycles. The van der Waals surface area contributed by atoms with E-state index in [1.54, 1.807) is 12.1 Å². The summed E-state index contributed by atoms with van der Waals surface area (Å²) in [5, 5.41) is 2.99. The zero-order chi connectivity index (χ0) is 17.5. The SMILES string of the molecule is O=C(CSc1ccc(F)cc1)NCc1ccccc1CN1CCCC1. The summed E-state index contributed by atoms with van der Waals surface area (Å²) in [4.78, 5) is 15.5. The first-order chi connectivity index (χ1) is 12.2. The lowest BCUT2D eigenvalue weighted by molar-refractivity contribution is -0.118. The largest absolute Gasteiger partial charge is 0.351 e. The Morgan fingerprint density at radius 2 is 1.72 bits per heavy atom. The number of hydrogen-bond acceptors (Lipinski definition) is 3. The van der Waals surface area contributed by atoms with Crippen LogP contribution in [0.3, 0.4) is 0 Å². The maximum Gasteiger partial charge on any atom is 0.230 e. The smallest absolute Gasteiger partial charge is 0.230 e. The standard InChI is InChI=1S/C20H23FN2OS/c21-18-7-9-19(10-8-18)25-15-20(24)22-13-16-5-1-2-6-17(16)14-23-11-3-4-12-23/h1-2,5-10H,3-4,11-15H2,(H,22,24). The van der Waals surface area contributed by atoms with Crippen LogP contribution in [0, 0.1) is 5.82 Å². The second kappa shape index (κ2) is 9.02. The Kier molecular flexibility index (Phi) is 6.48. The molecule has 25 heavy (non-hydrogen) atoms. The number of nitrogens with zero attached hydrogens (tertiary/aromatic N) is 1. The van der Waals surface area contributed by atoms with Gasteiger partial charge in [0.05, 0.1) is 5.75 Å². The van der Waals surface area contributed by atoms with Crippen LogP contribution < -0.4 is 5.32 Å². The van der Waals surface area contributed by atoms with Gasteiger partial charge in [0.15, 0.2) is 0 Å². The Labute approximate surface area is 152 Å². The molecule has 5 heteroatoms. The lowest BCUT2D eigenvalue weighted by Gasteiger charge is -2.17. The molecule has 1 aliphatic rings. The molecule has 1 fully saturated rings. The van der Waals surface area contributed by atoms with E-state index in [4.69, 9.17) is 0 Å². The maximum absolute atomic E-state index is 12.9. The normalized spacial score (nSPS) is 14.6. The monoisotopic (exact) mass is 358 g/mol. The molecule has 1 amide bonds.